The monoisotopic (exact) mass is 258 g/mol. The molecule has 1 heterocycles. The third-order valence-electron chi connectivity index (χ3n) is 2.41. The van der Waals surface area contributed by atoms with Gasteiger partial charge < -0.3 is 9.47 Å². The second-order valence-corrected chi connectivity index (χ2v) is 10.9. The average Bonchev–Trinajstić information content (AvgIpc) is 2.55. The molecule has 0 unspecified atom stereocenters. The highest BCUT2D eigenvalue weighted by Crippen LogP contribution is 2.07. The van der Waals surface area contributed by atoms with Crippen LogP contribution in [0, 0.1) is 0 Å². The van der Waals surface area contributed by atoms with Crippen LogP contribution in [0.25, 0.3) is 0 Å². The Morgan fingerprint density at radius 3 is 2.29 bits per heavy atom. The highest BCUT2D eigenvalue weighted by Gasteiger charge is 2.12. The maximum Gasteiger partial charge on any atom is 0.331 e. The Kier molecular flexibility index (Phi) is 5.17. The van der Waals surface area contributed by atoms with Crippen LogP contribution in [0.2, 0.25) is 25.7 Å². The lowest BCUT2D eigenvalue weighted by atomic mass is 10.8. The van der Waals surface area contributed by atoms with E-state index in [0.29, 0.717) is 6.73 Å². The van der Waals surface area contributed by atoms with Crippen LogP contribution < -0.4 is 5.69 Å². The SMILES string of the molecule is COCn1ccn(COCC[Si](C)(C)C)c1=O. The fourth-order valence-corrected chi connectivity index (χ4v) is 2.09. The van der Waals surface area contributed by atoms with E-state index in [2.05, 4.69) is 19.6 Å². The van der Waals surface area contributed by atoms with Gasteiger partial charge in [0.1, 0.15) is 13.5 Å². The molecule has 6 heteroatoms. The lowest BCUT2D eigenvalue weighted by Gasteiger charge is -2.15. The highest BCUT2D eigenvalue weighted by molar-refractivity contribution is 6.76. The van der Waals surface area contributed by atoms with Gasteiger partial charge in [-0.15, -0.1) is 0 Å². The van der Waals surface area contributed by atoms with Crippen molar-refractivity contribution in [2.45, 2.75) is 39.1 Å². The Balaban J connectivity index is 2.40. The Hall–Kier alpha value is -0.853. The summed E-state index contributed by atoms with van der Waals surface area (Å²) in [6.45, 7) is 8.23. The Labute approximate surface area is 103 Å². The fraction of sp³-hybridized carbons (Fsp3) is 0.727. The average molecular weight is 258 g/mol. The lowest BCUT2D eigenvalue weighted by molar-refractivity contribution is 0.0815. The Morgan fingerprint density at radius 1 is 1.18 bits per heavy atom. The van der Waals surface area contributed by atoms with E-state index in [1.165, 1.54) is 4.57 Å². The van der Waals surface area contributed by atoms with Crippen LogP contribution in [0.4, 0.5) is 0 Å². The minimum atomic E-state index is -1.05. The molecule has 0 bridgehead atoms. The molecule has 0 fully saturated rings. The van der Waals surface area contributed by atoms with Crippen molar-refractivity contribution in [3.05, 3.63) is 22.9 Å². The summed E-state index contributed by atoms with van der Waals surface area (Å²) in [6, 6.07) is 1.11. The van der Waals surface area contributed by atoms with Gasteiger partial charge in [0.2, 0.25) is 0 Å². The molecule has 1 aromatic rings. The number of hydrogen-bond acceptors (Lipinski definition) is 3. The van der Waals surface area contributed by atoms with Crippen LogP contribution in [-0.2, 0) is 22.9 Å². The first-order valence-corrected chi connectivity index (χ1v) is 9.47. The molecular weight excluding hydrogens is 236 g/mol. The molecule has 0 atom stereocenters. The molecule has 0 aliphatic heterocycles. The Bertz CT molecular complexity index is 392. The minimum Gasteiger partial charge on any atom is -0.364 e. The van der Waals surface area contributed by atoms with Crippen molar-refractivity contribution in [1.82, 2.24) is 9.13 Å². The van der Waals surface area contributed by atoms with E-state index < -0.39 is 8.07 Å². The molecule has 0 aliphatic carbocycles. The number of ether oxygens (including phenoxy) is 2. The molecular formula is C11H22N2O3Si. The number of imidazole rings is 1. The summed E-state index contributed by atoms with van der Waals surface area (Å²) in [4.78, 5) is 11.7. The normalized spacial score (nSPS) is 12.0. The van der Waals surface area contributed by atoms with Crippen LogP contribution in [0.3, 0.4) is 0 Å². The molecule has 0 aliphatic rings. The maximum absolute atomic E-state index is 11.7. The number of rotatable bonds is 7. The molecule has 0 spiro atoms. The minimum absolute atomic E-state index is 0.0974. The zero-order valence-electron chi connectivity index (χ0n) is 11.1. The fourth-order valence-electron chi connectivity index (χ4n) is 1.33. The van der Waals surface area contributed by atoms with E-state index in [9.17, 15) is 4.79 Å². The number of methoxy groups -OCH3 is 1. The highest BCUT2D eigenvalue weighted by atomic mass is 28.3. The van der Waals surface area contributed by atoms with Gasteiger partial charge in [0, 0.05) is 34.2 Å². The van der Waals surface area contributed by atoms with Crippen LogP contribution >= 0.6 is 0 Å². The molecule has 0 radical (unpaired) electrons. The third kappa shape index (κ3) is 4.89. The number of nitrogens with zero attached hydrogens (tertiary/aromatic N) is 2. The van der Waals surface area contributed by atoms with Crippen molar-refractivity contribution in [1.29, 1.82) is 0 Å². The topological polar surface area (TPSA) is 45.4 Å². The molecule has 1 aromatic heterocycles. The van der Waals surface area contributed by atoms with Crippen molar-refractivity contribution in [2.75, 3.05) is 13.7 Å². The smallest absolute Gasteiger partial charge is 0.331 e. The van der Waals surface area contributed by atoms with E-state index in [0.717, 1.165) is 12.7 Å². The van der Waals surface area contributed by atoms with Crippen LogP contribution in [-0.4, -0.2) is 30.9 Å². The summed E-state index contributed by atoms with van der Waals surface area (Å²) in [5.41, 5.74) is -0.0974. The molecule has 1 rings (SSSR count). The predicted octanol–water partition coefficient (Wildman–Crippen LogP) is 1.57. The predicted molar refractivity (Wildman–Crippen MR) is 69.8 cm³/mol. The zero-order chi connectivity index (χ0) is 12.9. The van der Waals surface area contributed by atoms with Crippen molar-refractivity contribution in [3.8, 4) is 0 Å². The van der Waals surface area contributed by atoms with Gasteiger partial charge in [0.25, 0.3) is 0 Å². The molecule has 0 amide bonds. The molecule has 0 N–H and O–H groups in total. The van der Waals surface area contributed by atoms with Crippen molar-refractivity contribution in [2.24, 2.45) is 0 Å². The van der Waals surface area contributed by atoms with Gasteiger partial charge >= 0.3 is 5.69 Å². The van der Waals surface area contributed by atoms with Gasteiger partial charge in [-0.3, -0.25) is 9.13 Å². The first-order chi connectivity index (χ1) is 7.94. The van der Waals surface area contributed by atoms with Crippen molar-refractivity contribution >= 4 is 8.07 Å². The van der Waals surface area contributed by atoms with Gasteiger partial charge in [0.05, 0.1) is 0 Å². The molecule has 5 nitrogen and oxygen atoms in total. The molecule has 0 aromatic carbocycles. The van der Waals surface area contributed by atoms with Gasteiger partial charge in [-0.25, -0.2) is 4.79 Å². The summed E-state index contributed by atoms with van der Waals surface area (Å²) in [6.07, 6.45) is 3.42. The second-order valence-electron chi connectivity index (χ2n) is 5.29. The summed E-state index contributed by atoms with van der Waals surface area (Å²) in [7, 11) is 0.510. The molecule has 0 saturated heterocycles. The Morgan fingerprint density at radius 2 is 1.76 bits per heavy atom. The maximum atomic E-state index is 11.7. The van der Waals surface area contributed by atoms with Gasteiger partial charge in [0.15, 0.2) is 0 Å². The zero-order valence-corrected chi connectivity index (χ0v) is 12.1. The number of aromatic nitrogens is 2. The molecule has 98 valence electrons. The summed E-state index contributed by atoms with van der Waals surface area (Å²) < 4.78 is 13.5. The van der Waals surface area contributed by atoms with E-state index in [4.69, 9.17) is 9.47 Å². The van der Waals surface area contributed by atoms with Gasteiger partial charge in [-0.2, -0.15) is 0 Å². The second kappa shape index (κ2) is 6.18. The van der Waals surface area contributed by atoms with Crippen LogP contribution in [0.1, 0.15) is 0 Å². The first kappa shape index (κ1) is 14.2. The molecule has 17 heavy (non-hydrogen) atoms. The largest absolute Gasteiger partial charge is 0.364 e. The van der Waals surface area contributed by atoms with E-state index in [1.54, 1.807) is 24.1 Å². The number of hydrogen-bond donors (Lipinski definition) is 0. The quantitative estimate of drug-likeness (QED) is 0.551. The lowest BCUT2D eigenvalue weighted by Crippen LogP contribution is -2.26. The van der Waals surface area contributed by atoms with Gasteiger partial charge in [-0.05, 0) is 6.04 Å². The van der Waals surface area contributed by atoms with Crippen molar-refractivity contribution in [3.63, 3.8) is 0 Å². The van der Waals surface area contributed by atoms with Crippen LogP contribution in [0.5, 0.6) is 0 Å². The summed E-state index contributed by atoms with van der Waals surface area (Å²) >= 11 is 0. The van der Waals surface area contributed by atoms with E-state index in [1.807, 2.05) is 0 Å². The standard InChI is InChI=1S/C11H22N2O3Si/c1-15-9-12-5-6-13(11(12)14)10-16-7-8-17(2,3)4/h5-6H,7-10H2,1-4H3. The van der Waals surface area contributed by atoms with Crippen molar-refractivity contribution < 1.29 is 9.47 Å². The summed E-state index contributed by atoms with van der Waals surface area (Å²) in [5, 5.41) is 0. The third-order valence-corrected chi connectivity index (χ3v) is 4.12. The van der Waals surface area contributed by atoms with Gasteiger partial charge in [-0.1, -0.05) is 19.6 Å². The first-order valence-electron chi connectivity index (χ1n) is 5.76. The van der Waals surface area contributed by atoms with E-state index in [-0.39, 0.29) is 12.4 Å². The van der Waals surface area contributed by atoms with E-state index >= 15 is 0 Å². The summed E-state index contributed by atoms with van der Waals surface area (Å²) in [5.74, 6) is 0. The van der Waals surface area contributed by atoms with Crippen LogP contribution in [0.15, 0.2) is 17.2 Å². The molecule has 0 saturated carbocycles.